The van der Waals surface area contributed by atoms with E-state index in [-0.39, 0.29) is 29.3 Å². The second kappa shape index (κ2) is 7.53. The topological polar surface area (TPSA) is 95.0 Å². The number of likely N-dealkylation sites (tertiary alicyclic amines) is 1. The fourth-order valence-corrected chi connectivity index (χ4v) is 4.26. The highest BCUT2D eigenvalue weighted by molar-refractivity contribution is 7.89. The highest BCUT2D eigenvalue weighted by Gasteiger charge is 2.31. The standard InChI is InChI=1S/C17H24N2O5S/c1-12(2)18(3)25(23,24)15-8-6-13(7-9-15)17(22)19-10-4-5-14(19)11-16(20)21/h6-9,12,14H,4-5,10-11H2,1-3H3,(H,20,21). The van der Waals surface area contributed by atoms with Gasteiger partial charge in [-0.05, 0) is 51.0 Å². The van der Waals surface area contributed by atoms with E-state index in [4.69, 9.17) is 5.11 Å². The Morgan fingerprint density at radius 2 is 1.88 bits per heavy atom. The number of rotatable bonds is 6. The van der Waals surface area contributed by atoms with Gasteiger partial charge in [-0.2, -0.15) is 4.31 Å². The summed E-state index contributed by atoms with van der Waals surface area (Å²) in [6.45, 7) is 4.09. The summed E-state index contributed by atoms with van der Waals surface area (Å²) in [6, 6.07) is 5.33. The van der Waals surface area contributed by atoms with Gasteiger partial charge in [-0.1, -0.05) is 0 Å². The lowest BCUT2D eigenvalue weighted by atomic mass is 10.1. The summed E-state index contributed by atoms with van der Waals surface area (Å²) in [5.74, 6) is -1.19. The monoisotopic (exact) mass is 368 g/mol. The van der Waals surface area contributed by atoms with Crippen molar-refractivity contribution in [3.63, 3.8) is 0 Å². The molecule has 1 aliphatic rings. The molecule has 1 N–H and O–H groups in total. The van der Waals surface area contributed by atoms with Crippen LogP contribution in [0.5, 0.6) is 0 Å². The van der Waals surface area contributed by atoms with Gasteiger partial charge < -0.3 is 10.0 Å². The number of hydrogen-bond donors (Lipinski definition) is 1. The quantitative estimate of drug-likeness (QED) is 0.826. The second-order valence-electron chi connectivity index (χ2n) is 6.53. The molecule has 1 aliphatic heterocycles. The van der Waals surface area contributed by atoms with Crippen LogP contribution in [0.3, 0.4) is 0 Å². The van der Waals surface area contributed by atoms with Crippen molar-refractivity contribution in [2.75, 3.05) is 13.6 Å². The van der Waals surface area contributed by atoms with Crippen molar-refractivity contribution in [3.05, 3.63) is 29.8 Å². The molecule has 0 saturated carbocycles. The summed E-state index contributed by atoms with van der Waals surface area (Å²) in [5, 5.41) is 8.96. The molecule has 0 aliphatic carbocycles. The van der Waals surface area contributed by atoms with Gasteiger partial charge in [0.05, 0.1) is 11.3 Å². The molecule has 1 fully saturated rings. The molecule has 1 saturated heterocycles. The largest absolute Gasteiger partial charge is 0.481 e. The number of amides is 1. The van der Waals surface area contributed by atoms with Gasteiger partial charge >= 0.3 is 5.97 Å². The number of carboxylic acids is 1. The maximum Gasteiger partial charge on any atom is 0.305 e. The van der Waals surface area contributed by atoms with Gasteiger partial charge in [-0.25, -0.2) is 8.42 Å². The minimum absolute atomic E-state index is 0.0720. The van der Waals surface area contributed by atoms with Gasteiger partial charge in [-0.15, -0.1) is 0 Å². The normalized spacial score (nSPS) is 18.1. The van der Waals surface area contributed by atoms with Crippen LogP contribution in [0.1, 0.15) is 43.5 Å². The van der Waals surface area contributed by atoms with Crippen LogP contribution < -0.4 is 0 Å². The van der Waals surface area contributed by atoms with Gasteiger partial charge in [0.2, 0.25) is 10.0 Å². The highest BCUT2D eigenvalue weighted by Crippen LogP contribution is 2.24. The lowest BCUT2D eigenvalue weighted by Gasteiger charge is -2.24. The SMILES string of the molecule is CC(C)N(C)S(=O)(=O)c1ccc(C(=O)N2CCCC2CC(=O)O)cc1. The van der Waals surface area contributed by atoms with Crippen LogP contribution in [0.4, 0.5) is 0 Å². The molecule has 1 heterocycles. The van der Waals surface area contributed by atoms with Crippen LogP contribution in [0, 0.1) is 0 Å². The van der Waals surface area contributed by atoms with Crippen LogP contribution in [-0.2, 0) is 14.8 Å². The fourth-order valence-electron chi connectivity index (χ4n) is 2.90. The number of sulfonamides is 1. The Balaban J connectivity index is 2.19. The van der Waals surface area contributed by atoms with Crippen molar-refractivity contribution in [2.45, 2.75) is 50.1 Å². The minimum atomic E-state index is -3.60. The Morgan fingerprint density at radius 3 is 2.40 bits per heavy atom. The van der Waals surface area contributed by atoms with Crippen LogP contribution in [0.25, 0.3) is 0 Å². The Bertz CT molecular complexity index is 743. The molecule has 1 atom stereocenters. The summed E-state index contributed by atoms with van der Waals surface area (Å²) in [7, 11) is -2.08. The number of hydrogen-bond acceptors (Lipinski definition) is 4. The molecule has 25 heavy (non-hydrogen) atoms. The number of aliphatic carboxylic acids is 1. The third-order valence-corrected chi connectivity index (χ3v) is 6.60. The Labute approximate surface area is 148 Å². The van der Waals surface area contributed by atoms with E-state index in [9.17, 15) is 18.0 Å². The summed E-state index contributed by atoms with van der Waals surface area (Å²) in [5.41, 5.74) is 0.364. The zero-order valence-electron chi connectivity index (χ0n) is 14.7. The predicted octanol–water partition coefficient (Wildman–Crippen LogP) is 1.79. The van der Waals surface area contributed by atoms with Crippen molar-refractivity contribution in [2.24, 2.45) is 0 Å². The molecule has 1 unspecified atom stereocenters. The first-order valence-electron chi connectivity index (χ1n) is 8.25. The van der Waals surface area contributed by atoms with E-state index < -0.39 is 16.0 Å². The number of carbonyl (C=O) groups is 2. The van der Waals surface area contributed by atoms with E-state index in [1.165, 1.54) is 35.6 Å². The summed E-state index contributed by atoms with van der Waals surface area (Å²) in [4.78, 5) is 25.2. The van der Waals surface area contributed by atoms with Crippen molar-refractivity contribution >= 4 is 21.9 Å². The highest BCUT2D eigenvalue weighted by atomic mass is 32.2. The lowest BCUT2D eigenvalue weighted by Crippen LogP contribution is -2.37. The average Bonchev–Trinajstić information content (AvgIpc) is 3.00. The number of carbonyl (C=O) groups excluding carboxylic acids is 1. The van der Waals surface area contributed by atoms with Crippen LogP contribution in [0.2, 0.25) is 0 Å². The van der Waals surface area contributed by atoms with E-state index in [0.717, 1.165) is 6.42 Å². The van der Waals surface area contributed by atoms with Gasteiger partial charge in [0.15, 0.2) is 0 Å². The zero-order valence-corrected chi connectivity index (χ0v) is 15.5. The Kier molecular flexibility index (Phi) is 5.84. The smallest absolute Gasteiger partial charge is 0.305 e. The minimum Gasteiger partial charge on any atom is -0.481 e. The van der Waals surface area contributed by atoms with Crippen molar-refractivity contribution in [3.8, 4) is 0 Å². The second-order valence-corrected chi connectivity index (χ2v) is 8.53. The maximum atomic E-state index is 12.6. The number of nitrogens with zero attached hydrogens (tertiary/aromatic N) is 2. The van der Waals surface area contributed by atoms with E-state index in [1.807, 2.05) is 0 Å². The first-order valence-corrected chi connectivity index (χ1v) is 9.69. The zero-order chi connectivity index (χ0) is 18.8. The molecule has 1 aromatic rings. The van der Waals surface area contributed by atoms with Gasteiger partial charge in [0.25, 0.3) is 5.91 Å². The fraction of sp³-hybridized carbons (Fsp3) is 0.529. The molecule has 7 nitrogen and oxygen atoms in total. The molecule has 0 aromatic heterocycles. The maximum absolute atomic E-state index is 12.6. The molecule has 138 valence electrons. The Morgan fingerprint density at radius 1 is 1.28 bits per heavy atom. The van der Waals surface area contributed by atoms with Gasteiger partial charge in [-0.3, -0.25) is 9.59 Å². The van der Waals surface area contributed by atoms with E-state index in [0.29, 0.717) is 18.5 Å². The molecule has 8 heteroatoms. The van der Waals surface area contributed by atoms with Crippen molar-refractivity contribution in [1.29, 1.82) is 0 Å². The van der Waals surface area contributed by atoms with Crippen LogP contribution in [0.15, 0.2) is 29.2 Å². The molecule has 1 amide bonds. The first kappa shape index (κ1) is 19.4. The molecule has 0 radical (unpaired) electrons. The van der Waals surface area contributed by atoms with Gasteiger partial charge in [0, 0.05) is 31.2 Å². The third-order valence-electron chi connectivity index (χ3n) is 4.55. The number of benzene rings is 1. The molecule has 0 spiro atoms. The van der Waals surface area contributed by atoms with E-state index >= 15 is 0 Å². The summed E-state index contributed by atoms with van der Waals surface area (Å²) in [6.07, 6.45) is 1.37. The molecular formula is C17H24N2O5S. The van der Waals surface area contributed by atoms with E-state index in [2.05, 4.69) is 0 Å². The average molecular weight is 368 g/mol. The van der Waals surface area contributed by atoms with Crippen LogP contribution in [-0.4, -0.2) is 60.3 Å². The van der Waals surface area contributed by atoms with Gasteiger partial charge in [0.1, 0.15) is 0 Å². The molecule has 0 bridgehead atoms. The molecule has 2 rings (SSSR count). The number of carboxylic acid groups (broad SMARTS) is 1. The van der Waals surface area contributed by atoms with E-state index in [1.54, 1.807) is 18.7 Å². The third kappa shape index (κ3) is 4.19. The van der Waals surface area contributed by atoms with Crippen molar-refractivity contribution in [1.82, 2.24) is 9.21 Å². The predicted molar refractivity (Wildman–Crippen MR) is 92.8 cm³/mol. The summed E-state index contributed by atoms with van der Waals surface area (Å²) < 4.78 is 26.2. The van der Waals surface area contributed by atoms with Crippen molar-refractivity contribution < 1.29 is 23.1 Å². The van der Waals surface area contributed by atoms with Crippen LogP contribution >= 0.6 is 0 Å². The Hall–Kier alpha value is -1.93. The summed E-state index contributed by atoms with van der Waals surface area (Å²) >= 11 is 0. The molecular weight excluding hydrogens is 344 g/mol. The molecule has 1 aromatic carbocycles. The first-order chi connectivity index (χ1) is 11.6. The lowest BCUT2D eigenvalue weighted by molar-refractivity contribution is -0.137.